The molecule has 1 aromatic rings. The van der Waals surface area contributed by atoms with Gasteiger partial charge >= 0.3 is 0 Å². The first-order valence-electron chi connectivity index (χ1n) is 9.68. The zero-order chi connectivity index (χ0) is 19.2. The van der Waals surface area contributed by atoms with Crippen LogP contribution in [0, 0.1) is 0 Å². The highest BCUT2D eigenvalue weighted by atomic mass is 16.5. The molecular formula is C20H30N4O3. The summed E-state index contributed by atoms with van der Waals surface area (Å²) >= 11 is 0. The molecule has 2 aliphatic heterocycles. The zero-order valence-electron chi connectivity index (χ0n) is 16.3. The van der Waals surface area contributed by atoms with Crippen molar-refractivity contribution in [1.82, 2.24) is 15.1 Å². The normalized spacial score (nSPS) is 19.2. The first-order valence-corrected chi connectivity index (χ1v) is 9.68. The van der Waals surface area contributed by atoms with Gasteiger partial charge in [-0.1, -0.05) is 12.1 Å². The highest BCUT2D eigenvalue weighted by Crippen LogP contribution is 2.26. The Balaban J connectivity index is 1.63. The van der Waals surface area contributed by atoms with Gasteiger partial charge in [-0.2, -0.15) is 0 Å². The van der Waals surface area contributed by atoms with E-state index in [9.17, 15) is 9.59 Å². The van der Waals surface area contributed by atoms with Crippen LogP contribution in [0.4, 0.5) is 5.69 Å². The van der Waals surface area contributed by atoms with E-state index < -0.39 is 0 Å². The van der Waals surface area contributed by atoms with Crippen molar-refractivity contribution in [3.8, 4) is 0 Å². The van der Waals surface area contributed by atoms with E-state index in [4.69, 9.17) is 4.74 Å². The standard InChI is InChI=1S/C20H30N4O3/c1-22-11-13-24(14-12-22)20(26)17-5-3-4-6-18(17)23-9-7-16(8-10-23)21-19(25)15-27-2/h3-6,16H,7-15H2,1-2H3,(H,21,25). The molecule has 3 rings (SSSR count). The maximum Gasteiger partial charge on any atom is 0.256 e. The van der Waals surface area contributed by atoms with Crippen molar-refractivity contribution in [1.29, 1.82) is 0 Å². The molecule has 1 N–H and O–H groups in total. The summed E-state index contributed by atoms with van der Waals surface area (Å²) in [6.45, 7) is 5.13. The van der Waals surface area contributed by atoms with Crippen molar-refractivity contribution in [2.24, 2.45) is 0 Å². The lowest BCUT2D eigenvalue weighted by Crippen LogP contribution is -2.48. The number of hydrogen-bond donors (Lipinski definition) is 1. The first kappa shape index (κ1) is 19.6. The van der Waals surface area contributed by atoms with E-state index >= 15 is 0 Å². The van der Waals surface area contributed by atoms with Crippen molar-refractivity contribution in [3.05, 3.63) is 29.8 Å². The second kappa shape index (κ2) is 9.19. The summed E-state index contributed by atoms with van der Waals surface area (Å²) in [6, 6.07) is 8.06. The Morgan fingerprint density at radius 2 is 1.74 bits per heavy atom. The Kier molecular flexibility index (Phi) is 6.68. The third-order valence-corrected chi connectivity index (χ3v) is 5.40. The zero-order valence-corrected chi connectivity index (χ0v) is 16.3. The highest BCUT2D eigenvalue weighted by molar-refractivity contribution is 6.00. The van der Waals surface area contributed by atoms with Crippen molar-refractivity contribution in [2.75, 3.05) is 64.9 Å². The second-order valence-electron chi connectivity index (χ2n) is 7.37. The minimum absolute atomic E-state index is 0.0680. The Hall–Kier alpha value is -2.12. The average Bonchev–Trinajstić information content (AvgIpc) is 2.69. The number of carbonyl (C=O) groups excluding carboxylic acids is 2. The number of anilines is 1. The van der Waals surface area contributed by atoms with Crippen molar-refractivity contribution in [3.63, 3.8) is 0 Å². The molecule has 2 saturated heterocycles. The maximum absolute atomic E-state index is 13.1. The average molecular weight is 374 g/mol. The van der Waals surface area contributed by atoms with Crippen LogP contribution >= 0.6 is 0 Å². The third kappa shape index (κ3) is 4.99. The van der Waals surface area contributed by atoms with Crippen LogP contribution in [0.25, 0.3) is 0 Å². The molecule has 2 aliphatic rings. The molecule has 0 aliphatic carbocycles. The fourth-order valence-corrected chi connectivity index (χ4v) is 3.78. The molecule has 7 heteroatoms. The number of ether oxygens (including phenoxy) is 1. The van der Waals surface area contributed by atoms with Crippen LogP contribution in [0.15, 0.2) is 24.3 Å². The molecule has 148 valence electrons. The summed E-state index contributed by atoms with van der Waals surface area (Å²) in [5.74, 6) is 0.0517. The van der Waals surface area contributed by atoms with Gasteiger partial charge in [0.25, 0.3) is 5.91 Å². The van der Waals surface area contributed by atoms with Gasteiger partial charge in [-0.25, -0.2) is 0 Å². The van der Waals surface area contributed by atoms with Crippen molar-refractivity contribution < 1.29 is 14.3 Å². The predicted molar refractivity (Wildman–Crippen MR) is 105 cm³/mol. The van der Waals surface area contributed by atoms with Gasteiger partial charge in [-0.3, -0.25) is 9.59 Å². The summed E-state index contributed by atoms with van der Waals surface area (Å²) in [5.41, 5.74) is 1.78. The van der Waals surface area contributed by atoms with E-state index in [-0.39, 0.29) is 24.5 Å². The van der Waals surface area contributed by atoms with Gasteiger partial charge in [-0.15, -0.1) is 0 Å². The molecule has 0 aromatic heterocycles. The molecule has 0 radical (unpaired) electrons. The number of likely N-dealkylation sites (N-methyl/N-ethyl adjacent to an activating group) is 1. The predicted octanol–water partition coefficient (Wildman–Crippen LogP) is 0.806. The van der Waals surface area contributed by atoms with Gasteiger partial charge in [0.15, 0.2) is 0 Å². The van der Waals surface area contributed by atoms with Crippen molar-refractivity contribution >= 4 is 17.5 Å². The van der Waals surface area contributed by atoms with Gasteiger partial charge in [0.05, 0.1) is 5.56 Å². The lowest BCUT2D eigenvalue weighted by Gasteiger charge is -2.36. The number of methoxy groups -OCH3 is 1. The Bertz CT molecular complexity index is 650. The molecule has 2 amide bonds. The molecular weight excluding hydrogens is 344 g/mol. The largest absolute Gasteiger partial charge is 0.375 e. The highest BCUT2D eigenvalue weighted by Gasteiger charge is 2.26. The molecule has 0 saturated carbocycles. The van der Waals surface area contributed by atoms with Crippen LogP contribution in [-0.4, -0.2) is 87.7 Å². The van der Waals surface area contributed by atoms with Crippen LogP contribution in [0.2, 0.25) is 0 Å². The van der Waals surface area contributed by atoms with E-state index in [1.807, 2.05) is 29.2 Å². The lowest BCUT2D eigenvalue weighted by atomic mass is 10.0. The molecule has 0 bridgehead atoms. The van der Waals surface area contributed by atoms with Gasteiger partial charge in [0.1, 0.15) is 6.61 Å². The Morgan fingerprint density at radius 1 is 1.07 bits per heavy atom. The molecule has 0 spiro atoms. The van der Waals surface area contributed by atoms with E-state index in [0.29, 0.717) is 0 Å². The fourth-order valence-electron chi connectivity index (χ4n) is 3.78. The smallest absolute Gasteiger partial charge is 0.256 e. The number of amides is 2. The number of hydrogen-bond acceptors (Lipinski definition) is 5. The number of piperidine rings is 1. The fraction of sp³-hybridized carbons (Fsp3) is 0.600. The number of rotatable bonds is 5. The molecule has 1 aromatic carbocycles. The minimum Gasteiger partial charge on any atom is -0.375 e. The van der Waals surface area contributed by atoms with E-state index in [1.165, 1.54) is 7.11 Å². The number of nitrogens with zero attached hydrogens (tertiary/aromatic N) is 3. The molecule has 0 unspecified atom stereocenters. The molecule has 2 fully saturated rings. The Labute approximate surface area is 161 Å². The summed E-state index contributed by atoms with van der Waals surface area (Å²) in [5, 5.41) is 3.01. The van der Waals surface area contributed by atoms with Crippen LogP contribution < -0.4 is 10.2 Å². The number of nitrogens with one attached hydrogen (secondary N) is 1. The topological polar surface area (TPSA) is 65.1 Å². The van der Waals surface area contributed by atoms with Crippen LogP contribution in [-0.2, 0) is 9.53 Å². The van der Waals surface area contributed by atoms with Crippen LogP contribution in [0.5, 0.6) is 0 Å². The summed E-state index contributed by atoms with van der Waals surface area (Å²) in [4.78, 5) is 31.2. The quantitative estimate of drug-likeness (QED) is 0.826. The van der Waals surface area contributed by atoms with Gasteiger partial charge in [-0.05, 0) is 32.0 Å². The van der Waals surface area contributed by atoms with E-state index in [1.54, 1.807) is 0 Å². The first-order chi connectivity index (χ1) is 13.1. The van der Waals surface area contributed by atoms with Gasteiger partial charge in [0, 0.05) is 58.1 Å². The SMILES string of the molecule is COCC(=O)NC1CCN(c2ccccc2C(=O)N2CCN(C)CC2)CC1. The van der Waals surface area contributed by atoms with Crippen LogP contribution in [0.3, 0.4) is 0 Å². The Morgan fingerprint density at radius 3 is 2.41 bits per heavy atom. The number of carbonyl (C=O) groups is 2. The monoisotopic (exact) mass is 374 g/mol. The van der Waals surface area contributed by atoms with Crippen molar-refractivity contribution in [2.45, 2.75) is 18.9 Å². The summed E-state index contributed by atoms with van der Waals surface area (Å²) in [6.07, 6.45) is 1.74. The third-order valence-electron chi connectivity index (χ3n) is 5.40. The number of para-hydroxylation sites is 1. The lowest BCUT2D eigenvalue weighted by molar-refractivity contribution is -0.125. The van der Waals surface area contributed by atoms with Gasteiger partial charge in [0.2, 0.25) is 5.91 Å². The minimum atomic E-state index is -0.0680. The molecule has 2 heterocycles. The van der Waals surface area contributed by atoms with Crippen LogP contribution in [0.1, 0.15) is 23.2 Å². The molecule has 7 nitrogen and oxygen atoms in total. The number of piperazine rings is 1. The second-order valence-corrected chi connectivity index (χ2v) is 7.37. The summed E-state index contributed by atoms with van der Waals surface area (Å²) in [7, 11) is 3.61. The number of benzene rings is 1. The van der Waals surface area contributed by atoms with E-state index in [2.05, 4.69) is 22.2 Å². The molecule has 27 heavy (non-hydrogen) atoms. The molecule has 0 atom stereocenters. The van der Waals surface area contributed by atoms with E-state index in [0.717, 1.165) is 63.4 Å². The van der Waals surface area contributed by atoms with Gasteiger partial charge < -0.3 is 24.8 Å². The maximum atomic E-state index is 13.1. The summed E-state index contributed by atoms with van der Waals surface area (Å²) < 4.78 is 4.87.